The van der Waals surface area contributed by atoms with Gasteiger partial charge in [-0.1, -0.05) is 18.2 Å². The van der Waals surface area contributed by atoms with E-state index in [1.165, 1.54) is 0 Å². The molecule has 0 amide bonds. The Balaban J connectivity index is 2.52. The van der Waals surface area contributed by atoms with Gasteiger partial charge in [-0.3, -0.25) is 0 Å². The molecule has 0 radical (unpaired) electrons. The van der Waals surface area contributed by atoms with Gasteiger partial charge in [-0.05, 0) is 74.1 Å². The molecule has 0 N–H and O–H groups in total. The number of rotatable bonds is 5. The number of nitrogens with zero attached hydrogens (tertiary/aromatic N) is 2. The maximum atomic E-state index is 13.9. The molecular weight excluding hydrogens is 303 g/mol. The molecule has 124 valence electrons. The van der Waals surface area contributed by atoms with Gasteiger partial charge in [0.1, 0.15) is 11.4 Å². The molecule has 0 spiro atoms. The van der Waals surface area contributed by atoms with Crippen LogP contribution < -0.4 is 0 Å². The Morgan fingerprint density at radius 2 is 2.25 bits per heavy atom. The van der Waals surface area contributed by atoms with Crippen LogP contribution in [0, 0.1) is 17.1 Å². The van der Waals surface area contributed by atoms with Crippen molar-refractivity contribution in [2.24, 2.45) is 0 Å². The van der Waals surface area contributed by atoms with Gasteiger partial charge in [0.05, 0.1) is 23.7 Å². The highest BCUT2D eigenvalue weighted by molar-refractivity contribution is 5.47. The van der Waals surface area contributed by atoms with E-state index >= 15 is 0 Å². The fourth-order valence-corrected chi connectivity index (χ4v) is 2.28. The summed E-state index contributed by atoms with van der Waals surface area (Å²) in [6.07, 6.45) is -8.17. The Kier molecular flexibility index (Phi) is 1.66. The Hall–Kier alpha value is -2.22. The molecule has 0 aromatic heterocycles. The van der Waals surface area contributed by atoms with Gasteiger partial charge in [-0.15, -0.1) is 0 Å². The van der Waals surface area contributed by atoms with Crippen molar-refractivity contribution in [3.8, 4) is 6.07 Å². The van der Waals surface area contributed by atoms with Crippen molar-refractivity contribution in [3.63, 3.8) is 0 Å². The van der Waals surface area contributed by atoms with Gasteiger partial charge in [0.25, 0.3) is 0 Å². The maximum Gasteiger partial charge on any atom is 0.123 e. The topological polar surface area (TPSA) is 36.3 Å². The van der Waals surface area contributed by atoms with Gasteiger partial charge in [0.2, 0.25) is 0 Å². The van der Waals surface area contributed by atoms with Gasteiger partial charge >= 0.3 is 0 Å². The summed E-state index contributed by atoms with van der Waals surface area (Å²) in [6.45, 7) is -15.1. The standard InChI is InChI=1S/C20H21FN2O/c1-23(2)11-3-10-20(17-5-7-18(21)8-6-17)19-9-4-15(13-22)12-16(19)14-24-20/h4-9,12H,3,10-11,14H2,1-2H3/t20-/m0/s1/i1D3,2D3,3D2,4D,10D2,11D2,12D,14D2. The number of ether oxygens (including phenoxy) is 1. The zero-order valence-electron chi connectivity index (χ0n) is 28.1. The third-order valence-electron chi connectivity index (χ3n) is 3.33. The van der Waals surface area contributed by atoms with Crippen LogP contribution in [0.5, 0.6) is 0 Å². The lowest BCUT2D eigenvalue weighted by Crippen LogP contribution is -2.28. The monoisotopic (exact) mass is 340 g/mol. The van der Waals surface area contributed by atoms with E-state index in [2.05, 4.69) is 0 Å². The summed E-state index contributed by atoms with van der Waals surface area (Å²) < 4.78 is 150. The molecule has 0 bridgehead atoms. The zero-order chi connectivity index (χ0) is 31.1. The molecular formula is C20H21FN2O. The van der Waals surface area contributed by atoms with E-state index in [0.29, 0.717) is 0 Å². The van der Waals surface area contributed by atoms with Crippen molar-refractivity contribution in [1.82, 2.24) is 4.90 Å². The van der Waals surface area contributed by atoms with Crippen LogP contribution >= 0.6 is 0 Å². The average molecular weight is 340 g/mol. The van der Waals surface area contributed by atoms with Crippen LogP contribution in [0.2, 0.25) is 0 Å². The molecule has 3 nitrogen and oxygen atoms in total. The van der Waals surface area contributed by atoms with Crippen LogP contribution in [0.1, 0.15) is 56.9 Å². The smallest absolute Gasteiger partial charge is 0.123 e. The zero-order valence-corrected chi connectivity index (χ0v) is 12.1. The van der Waals surface area contributed by atoms with Crippen molar-refractivity contribution >= 4 is 0 Å². The molecule has 1 aliphatic heterocycles. The second-order valence-electron chi connectivity index (χ2n) is 4.78. The highest BCUT2D eigenvalue weighted by Crippen LogP contribution is 2.45. The molecule has 24 heavy (non-hydrogen) atoms. The third-order valence-corrected chi connectivity index (χ3v) is 3.33. The molecule has 2 aromatic rings. The van der Waals surface area contributed by atoms with Crippen LogP contribution in [0.3, 0.4) is 0 Å². The van der Waals surface area contributed by atoms with Crippen molar-refractivity contribution < 1.29 is 31.1 Å². The Labute approximate surface area is 164 Å². The molecule has 2 aromatic carbocycles. The number of nitriles is 1. The predicted molar refractivity (Wildman–Crippen MR) is 90.9 cm³/mol. The van der Waals surface area contributed by atoms with Crippen molar-refractivity contribution in [2.45, 2.75) is 24.9 Å². The van der Waals surface area contributed by atoms with Crippen molar-refractivity contribution in [3.05, 3.63) is 70.5 Å². The van der Waals surface area contributed by atoms with E-state index in [4.69, 9.17) is 26.7 Å². The highest BCUT2D eigenvalue weighted by Gasteiger charge is 2.41. The second-order valence-corrected chi connectivity index (χ2v) is 4.78. The fourth-order valence-electron chi connectivity index (χ4n) is 2.28. The fraction of sp³-hybridized carbons (Fsp3) is 0.350. The van der Waals surface area contributed by atoms with E-state index in [1.807, 2.05) is 0 Å². The first-order chi connectivity index (χ1) is 17.8. The van der Waals surface area contributed by atoms with Gasteiger partial charge < -0.3 is 9.64 Å². The Morgan fingerprint density at radius 1 is 1.46 bits per heavy atom. The van der Waals surface area contributed by atoms with Crippen molar-refractivity contribution in [1.29, 1.82) is 5.26 Å². The van der Waals surface area contributed by atoms with Gasteiger partial charge in [-0.25, -0.2) is 4.39 Å². The molecule has 0 unspecified atom stereocenters. The molecule has 0 aliphatic carbocycles. The van der Waals surface area contributed by atoms with Gasteiger partial charge in [0, 0.05) is 16.4 Å². The van der Waals surface area contributed by atoms with Crippen LogP contribution in [0.15, 0.2) is 42.4 Å². The largest absolute Gasteiger partial charge is 0.361 e. The van der Waals surface area contributed by atoms with Gasteiger partial charge in [0.15, 0.2) is 0 Å². The summed E-state index contributed by atoms with van der Waals surface area (Å²) in [6, 6.07) is 3.83. The normalized spacial score (nSPS) is 34.0. The summed E-state index contributed by atoms with van der Waals surface area (Å²) in [4.78, 5) is -0.807. The molecule has 0 saturated heterocycles. The van der Waals surface area contributed by atoms with E-state index in [1.54, 1.807) is 6.07 Å². The lowest BCUT2D eigenvalue weighted by atomic mass is 9.81. The molecule has 1 aliphatic rings. The minimum atomic E-state index is -4.20. The summed E-state index contributed by atoms with van der Waals surface area (Å²) >= 11 is 0. The Morgan fingerprint density at radius 3 is 2.96 bits per heavy atom. The average Bonchev–Trinajstić information content (AvgIpc) is 2.99. The van der Waals surface area contributed by atoms with E-state index in [0.717, 1.165) is 30.3 Å². The number of fused-ring (bicyclic) bond motifs is 1. The molecule has 1 heterocycles. The van der Waals surface area contributed by atoms with Crippen LogP contribution in [0.25, 0.3) is 0 Å². The summed E-state index contributed by atoms with van der Waals surface area (Å²) in [7, 11) is 0. The number of hydrogen-bond donors (Lipinski definition) is 0. The summed E-state index contributed by atoms with van der Waals surface area (Å²) in [5.74, 6) is -0.878. The number of halogens is 1. The van der Waals surface area contributed by atoms with Gasteiger partial charge in [-0.2, -0.15) is 5.26 Å². The molecule has 0 saturated carbocycles. The second kappa shape index (κ2) is 6.72. The molecule has 4 heteroatoms. The highest BCUT2D eigenvalue weighted by atomic mass is 19.1. The lowest BCUT2D eigenvalue weighted by molar-refractivity contribution is -0.0140. The molecule has 1 atom stereocenters. The quantitative estimate of drug-likeness (QED) is 0.830. The van der Waals surface area contributed by atoms with E-state index < -0.39 is 90.4 Å². The number of benzene rings is 2. The van der Waals surface area contributed by atoms with Crippen LogP contribution in [0.4, 0.5) is 4.39 Å². The first kappa shape index (κ1) is 5.94. The van der Waals surface area contributed by atoms with Crippen molar-refractivity contribution in [2.75, 3.05) is 20.4 Å². The maximum absolute atomic E-state index is 13.9. The number of hydrogen-bond acceptors (Lipinski definition) is 3. The molecule has 0 fully saturated rings. The first-order valence-electron chi connectivity index (χ1n) is 14.6. The van der Waals surface area contributed by atoms with E-state index in [-0.39, 0.29) is 0 Å². The first-order valence-corrected chi connectivity index (χ1v) is 6.64. The van der Waals surface area contributed by atoms with E-state index in [9.17, 15) is 9.65 Å². The minimum absolute atomic E-state index is 0.543. The summed E-state index contributed by atoms with van der Waals surface area (Å²) in [5.41, 5.74) is -5.91. The summed E-state index contributed by atoms with van der Waals surface area (Å²) in [5, 5.41) is 9.40. The SMILES string of the molecule is [2H]c1cc2c(c([2H])c1C#N)C([2H])([2H])O[C@]2(c1ccc(F)cc1)C([2H])([2H])C([2H])([2H])C([2H])([2H])N(C([2H])([2H])[2H])C([2H])([2H])[2H]. The predicted octanol–water partition coefficient (Wildman–Crippen LogP) is 3.81. The third kappa shape index (κ3) is 3.06. The van der Waals surface area contributed by atoms with Crippen LogP contribution in [-0.4, -0.2) is 25.3 Å². The molecule has 3 rings (SSSR count). The minimum Gasteiger partial charge on any atom is -0.361 e. The lowest BCUT2D eigenvalue weighted by Gasteiger charge is -2.31. The van der Waals surface area contributed by atoms with Crippen LogP contribution in [-0.2, 0) is 16.9 Å². The Bertz CT molecular complexity index is 1350.